The van der Waals surface area contributed by atoms with Gasteiger partial charge in [0.25, 0.3) is 0 Å². The number of rotatable bonds is 4. The van der Waals surface area contributed by atoms with Crippen molar-refractivity contribution in [1.29, 1.82) is 0 Å². The van der Waals surface area contributed by atoms with Gasteiger partial charge in [-0.2, -0.15) is 5.10 Å². The maximum Gasteiger partial charge on any atom is 0.336 e. The third-order valence-corrected chi connectivity index (χ3v) is 4.41. The minimum Gasteiger partial charge on any atom is -0.423 e. The van der Waals surface area contributed by atoms with Crippen LogP contribution in [0.2, 0.25) is 0 Å². The number of aryl methyl sites for hydroxylation is 4. The Hall–Kier alpha value is -2.96. The molecule has 0 saturated heterocycles. The molecular weight excluding hydrogens is 332 g/mol. The van der Waals surface area contributed by atoms with Crippen LogP contribution in [-0.4, -0.2) is 20.7 Å². The number of anilines is 1. The number of nitrogens with one attached hydrogen (secondary N) is 1. The van der Waals surface area contributed by atoms with Crippen molar-refractivity contribution in [2.45, 2.75) is 41.2 Å². The molecule has 0 fully saturated rings. The number of nitrogens with zero attached hydrogens (tertiary/aromatic N) is 3. The first-order valence-electron chi connectivity index (χ1n) is 8.48. The zero-order chi connectivity index (χ0) is 19.0. The van der Waals surface area contributed by atoms with E-state index in [1.54, 1.807) is 10.7 Å². The average molecular weight is 354 g/mol. The fourth-order valence-corrected chi connectivity index (χ4v) is 2.93. The lowest BCUT2D eigenvalue weighted by Gasteiger charge is -2.15. The molecule has 0 aliphatic heterocycles. The van der Waals surface area contributed by atoms with Crippen LogP contribution in [0.4, 0.5) is 5.69 Å². The smallest absolute Gasteiger partial charge is 0.336 e. The molecule has 26 heavy (non-hydrogen) atoms. The summed E-state index contributed by atoms with van der Waals surface area (Å²) in [5, 5.41) is 8.08. The summed E-state index contributed by atoms with van der Waals surface area (Å²) in [6.45, 7) is 9.72. The molecule has 0 saturated carbocycles. The number of amides is 1. The second-order valence-electron chi connectivity index (χ2n) is 6.69. The van der Waals surface area contributed by atoms with E-state index in [2.05, 4.69) is 15.4 Å². The van der Waals surface area contributed by atoms with E-state index in [0.717, 1.165) is 22.3 Å². The number of fused-ring (bicyclic) bond motifs is 1. The van der Waals surface area contributed by atoms with Crippen LogP contribution in [0.1, 0.15) is 29.7 Å². The standard InChI is InChI=1S/C19H22N4O3/c1-10-7-18(24)26-17-6-11(2)16(8-15(10)17)21-19(25)12(3)9-23-14(5)20-13(4)22-23/h6-8,12H,9H2,1-5H3,(H,21,25)/t12-/m1/s1. The van der Waals surface area contributed by atoms with E-state index in [-0.39, 0.29) is 17.5 Å². The van der Waals surface area contributed by atoms with Gasteiger partial charge in [-0.25, -0.2) is 14.5 Å². The molecule has 1 aromatic carbocycles. The largest absolute Gasteiger partial charge is 0.423 e. The molecule has 1 atom stereocenters. The van der Waals surface area contributed by atoms with E-state index in [9.17, 15) is 9.59 Å². The van der Waals surface area contributed by atoms with Crippen molar-refractivity contribution < 1.29 is 9.21 Å². The molecule has 136 valence electrons. The molecular formula is C19H22N4O3. The molecule has 0 radical (unpaired) electrons. The molecule has 1 N–H and O–H groups in total. The molecule has 3 aromatic rings. The first-order chi connectivity index (χ1) is 12.2. The molecule has 0 aliphatic rings. The van der Waals surface area contributed by atoms with E-state index in [0.29, 0.717) is 23.6 Å². The fourth-order valence-electron chi connectivity index (χ4n) is 2.93. The Morgan fingerprint density at radius 3 is 2.58 bits per heavy atom. The highest BCUT2D eigenvalue weighted by Gasteiger charge is 2.17. The van der Waals surface area contributed by atoms with E-state index < -0.39 is 0 Å². The minimum atomic E-state index is -0.377. The number of hydrogen-bond acceptors (Lipinski definition) is 5. The third kappa shape index (κ3) is 3.51. The highest BCUT2D eigenvalue weighted by molar-refractivity contribution is 5.96. The second-order valence-corrected chi connectivity index (χ2v) is 6.69. The molecule has 7 nitrogen and oxygen atoms in total. The summed E-state index contributed by atoms with van der Waals surface area (Å²) in [7, 11) is 0. The first-order valence-corrected chi connectivity index (χ1v) is 8.48. The Bertz CT molecular complexity index is 1050. The summed E-state index contributed by atoms with van der Waals surface area (Å²) < 4.78 is 6.98. The SMILES string of the molecule is Cc1nc(C)n(C[C@@H](C)C(=O)Nc2cc3c(C)cc(=O)oc3cc2C)n1. The molecule has 2 heterocycles. The number of benzene rings is 1. The van der Waals surface area contributed by atoms with Gasteiger partial charge in [0.2, 0.25) is 5.91 Å². The predicted molar refractivity (Wildman–Crippen MR) is 99.2 cm³/mol. The Morgan fingerprint density at radius 1 is 1.19 bits per heavy atom. The van der Waals surface area contributed by atoms with Crippen molar-refractivity contribution in [3.63, 3.8) is 0 Å². The van der Waals surface area contributed by atoms with Crippen molar-refractivity contribution in [1.82, 2.24) is 14.8 Å². The molecule has 1 amide bonds. The number of hydrogen-bond donors (Lipinski definition) is 1. The summed E-state index contributed by atoms with van der Waals surface area (Å²) in [6, 6.07) is 5.06. The molecule has 3 rings (SSSR count). The van der Waals surface area contributed by atoms with Gasteiger partial charge >= 0.3 is 5.63 Å². The lowest BCUT2D eigenvalue weighted by atomic mass is 10.1. The van der Waals surface area contributed by atoms with Gasteiger partial charge in [0.15, 0.2) is 0 Å². The van der Waals surface area contributed by atoms with Crippen LogP contribution >= 0.6 is 0 Å². The predicted octanol–water partition coefficient (Wildman–Crippen LogP) is 2.89. The van der Waals surface area contributed by atoms with Crippen molar-refractivity contribution in [3.8, 4) is 0 Å². The zero-order valence-electron chi connectivity index (χ0n) is 15.6. The Balaban J connectivity index is 1.83. The summed E-state index contributed by atoms with van der Waals surface area (Å²) in [4.78, 5) is 28.4. The van der Waals surface area contributed by atoms with Gasteiger partial charge in [-0.3, -0.25) is 4.79 Å². The van der Waals surface area contributed by atoms with E-state index in [4.69, 9.17) is 4.42 Å². The van der Waals surface area contributed by atoms with Gasteiger partial charge in [-0.1, -0.05) is 6.92 Å². The van der Waals surface area contributed by atoms with Crippen LogP contribution in [0, 0.1) is 33.6 Å². The third-order valence-electron chi connectivity index (χ3n) is 4.41. The van der Waals surface area contributed by atoms with Crippen molar-refractivity contribution in [3.05, 3.63) is 51.4 Å². The molecule has 0 spiro atoms. The van der Waals surface area contributed by atoms with E-state index >= 15 is 0 Å². The van der Waals surface area contributed by atoms with E-state index in [1.807, 2.05) is 40.7 Å². The van der Waals surface area contributed by atoms with Crippen LogP contribution in [0.25, 0.3) is 11.0 Å². The van der Waals surface area contributed by atoms with Crippen LogP contribution in [0.3, 0.4) is 0 Å². The van der Waals surface area contributed by atoms with Gasteiger partial charge in [0, 0.05) is 17.1 Å². The Labute approximate surface area is 151 Å². The topological polar surface area (TPSA) is 90.0 Å². The van der Waals surface area contributed by atoms with Crippen molar-refractivity contribution in [2.24, 2.45) is 5.92 Å². The molecule has 0 unspecified atom stereocenters. The lowest BCUT2D eigenvalue weighted by Crippen LogP contribution is -2.25. The van der Waals surface area contributed by atoms with Gasteiger partial charge in [-0.15, -0.1) is 0 Å². The molecule has 0 aliphatic carbocycles. The summed E-state index contributed by atoms with van der Waals surface area (Å²) in [5.41, 5.74) is 2.50. The number of aromatic nitrogens is 3. The quantitative estimate of drug-likeness (QED) is 0.728. The van der Waals surface area contributed by atoms with Gasteiger partial charge in [0.05, 0.1) is 12.5 Å². The highest BCUT2D eigenvalue weighted by atomic mass is 16.4. The zero-order valence-corrected chi connectivity index (χ0v) is 15.6. The van der Waals surface area contributed by atoms with Crippen LogP contribution < -0.4 is 10.9 Å². The summed E-state index contributed by atoms with van der Waals surface area (Å²) in [5.74, 6) is 1.10. The molecule has 2 aromatic heterocycles. The fraction of sp³-hybridized carbons (Fsp3) is 0.368. The highest BCUT2D eigenvalue weighted by Crippen LogP contribution is 2.25. The number of carbonyl (C=O) groups excluding carboxylic acids is 1. The van der Waals surface area contributed by atoms with Crippen molar-refractivity contribution in [2.75, 3.05) is 5.32 Å². The Kier molecular flexibility index (Phi) is 4.63. The average Bonchev–Trinajstić information content (AvgIpc) is 2.86. The van der Waals surface area contributed by atoms with E-state index in [1.165, 1.54) is 6.07 Å². The van der Waals surface area contributed by atoms with Crippen LogP contribution in [-0.2, 0) is 11.3 Å². The monoisotopic (exact) mass is 354 g/mol. The van der Waals surface area contributed by atoms with Gasteiger partial charge in [0.1, 0.15) is 17.2 Å². The maximum atomic E-state index is 12.6. The lowest BCUT2D eigenvalue weighted by molar-refractivity contribution is -0.119. The second kappa shape index (κ2) is 6.74. The normalized spacial score (nSPS) is 12.3. The molecule has 7 heteroatoms. The number of carbonyl (C=O) groups is 1. The van der Waals surface area contributed by atoms with Crippen LogP contribution in [0.5, 0.6) is 0 Å². The van der Waals surface area contributed by atoms with Gasteiger partial charge in [-0.05, 0) is 51.0 Å². The Morgan fingerprint density at radius 2 is 1.92 bits per heavy atom. The summed E-state index contributed by atoms with van der Waals surface area (Å²) >= 11 is 0. The van der Waals surface area contributed by atoms with Gasteiger partial charge < -0.3 is 9.73 Å². The first kappa shape index (κ1) is 17.8. The minimum absolute atomic E-state index is 0.102. The summed E-state index contributed by atoms with van der Waals surface area (Å²) in [6.07, 6.45) is 0. The molecule has 0 bridgehead atoms. The van der Waals surface area contributed by atoms with Crippen LogP contribution in [0.15, 0.2) is 27.4 Å². The van der Waals surface area contributed by atoms with Crippen molar-refractivity contribution >= 4 is 22.6 Å². The maximum absolute atomic E-state index is 12.6.